The van der Waals surface area contributed by atoms with Crippen LogP contribution < -0.4 is 0 Å². The predicted octanol–water partition coefficient (Wildman–Crippen LogP) is 3.37. The number of fused-ring (bicyclic) bond motifs is 1. The van der Waals surface area contributed by atoms with Crippen LogP contribution in [-0.4, -0.2) is 0 Å². The third-order valence-corrected chi connectivity index (χ3v) is 1.95. The first-order valence-corrected chi connectivity index (χ1v) is 3.68. The van der Waals surface area contributed by atoms with Crippen LogP contribution in [0.1, 0.15) is 64.9 Å². The zero-order valence-corrected chi connectivity index (χ0v) is 5.78. The highest BCUT2D eigenvalue weighted by Crippen LogP contribution is 2.39. The molecule has 0 saturated heterocycles. The summed E-state index contributed by atoms with van der Waals surface area (Å²) in [6.45, 7) is 0. The van der Waals surface area contributed by atoms with Gasteiger partial charge in [-0.25, -0.2) is 0 Å². The Labute approximate surface area is 78.1 Å². The molecule has 1 unspecified atom stereocenters. The molecule has 2 fully saturated rings. The van der Waals surface area contributed by atoms with E-state index in [4.69, 9.17) is 13.7 Å². The summed E-state index contributed by atoms with van der Waals surface area (Å²) in [6, 6.07) is 0. The fraction of sp³-hybridized carbons (Fsp3) is 1.00. The van der Waals surface area contributed by atoms with Crippen LogP contribution >= 0.6 is 0 Å². The first-order chi connectivity index (χ1) is 8.76. The summed E-state index contributed by atoms with van der Waals surface area (Å²) in [5.74, 6) is -3.62. The van der Waals surface area contributed by atoms with Crippen LogP contribution in [-0.2, 0) is 0 Å². The summed E-state index contributed by atoms with van der Waals surface area (Å²) in [7, 11) is 0. The zero-order valence-electron chi connectivity index (χ0n) is 15.8. The summed E-state index contributed by atoms with van der Waals surface area (Å²) in [4.78, 5) is 0. The molecule has 2 rings (SSSR count). The minimum absolute atomic E-state index is 0.0982. The lowest BCUT2D eigenvalue weighted by atomic mass is 9.71. The quantitative estimate of drug-likeness (QED) is 0.494. The van der Waals surface area contributed by atoms with Crippen LogP contribution in [0, 0.1) is 11.8 Å². The molecule has 0 aromatic heterocycles. The van der Waals surface area contributed by atoms with Crippen molar-refractivity contribution in [3.8, 4) is 0 Å². The number of hydrogen-bond donors (Lipinski definition) is 0. The van der Waals surface area contributed by atoms with Crippen molar-refractivity contribution in [2.75, 3.05) is 0 Å². The fourth-order valence-corrected chi connectivity index (χ4v) is 1.39. The summed E-state index contributed by atoms with van der Waals surface area (Å²) in [5.41, 5.74) is 0. The highest BCUT2D eigenvalue weighted by Gasteiger charge is 2.26. The van der Waals surface area contributed by atoms with Crippen LogP contribution in [0.4, 0.5) is 0 Å². The van der Waals surface area contributed by atoms with Crippen molar-refractivity contribution in [3.63, 3.8) is 0 Å². The van der Waals surface area contributed by atoms with Crippen molar-refractivity contribution >= 4 is 0 Å². The summed E-state index contributed by atoms with van der Waals surface area (Å²) < 4.78 is 79.4. The molecule has 0 N–H and O–H groups in total. The Morgan fingerprint density at radius 1 is 1.20 bits per heavy atom. The molecular weight excluding hydrogens is 120 g/mol. The van der Waals surface area contributed by atoms with Crippen molar-refractivity contribution in [1.82, 2.24) is 0 Å². The van der Waals surface area contributed by atoms with E-state index < -0.39 is 43.7 Å². The minimum Gasteiger partial charge on any atom is -0.0530 e. The molecule has 0 aliphatic heterocycles. The van der Waals surface area contributed by atoms with E-state index in [1.807, 2.05) is 0 Å². The van der Waals surface area contributed by atoms with E-state index in [1.165, 1.54) is 0 Å². The molecule has 0 bridgehead atoms. The van der Waals surface area contributed by atoms with Crippen molar-refractivity contribution in [2.45, 2.75) is 51.2 Å². The minimum atomic E-state index is -3.18. The van der Waals surface area contributed by atoms with Gasteiger partial charge in [0.1, 0.15) is 0 Å². The molecule has 0 aromatic carbocycles. The molecule has 58 valence electrons. The maximum atomic E-state index is 8.37. The average molecular weight is 148 g/mol. The van der Waals surface area contributed by atoms with Gasteiger partial charge in [0.2, 0.25) is 0 Å². The van der Waals surface area contributed by atoms with Gasteiger partial charge in [-0.2, -0.15) is 0 Å². The van der Waals surface area contributed by atoms with E-state index in [0.717, 1.165) is 0 Å². The molecule has 0 amide bonds. The average Bonchev–Trinajstić information content (AvgIpc) is 2.30. The molecule has 0 radical (unpaired) electrons. The Kier molecular flexibility index (Phi) is 0.540. The van der Waals surface area contributed by atoms with Gasteiger partial charge in [0.25, 0.3) is 0 Å². The van der Waals surface area contributed by atoms with E-state index in [0.29, 0.717) is 6.42 Å². The normalized spacial score (nSPS) is 90.4. The molecule has 2 aliphatic rings. The molecule has 0 spiro atoms. The van der Waals surface area contributed by atoms with E-state index >= 15 is 0 Å². The van der Waals surface area contributed by atoms with E-state index in [-0.39, 0.29) is 12.8 Å². The van der Waals surface area contributed by atoms with Gasteiger partial charge in [0.05, 0.1) is 0 Å². The van der Waals surface area contributed by atoms with Gasteiger partial charge in [-0.1, -0.05) is 51.2 Å². The van der Waals surface area contributed by atoms with Crippen molar-refractivity contribution in [1.29, 1.82) is 0 Å². The SMILES string of the molecule is [2H]C1CCC[C@@H]2C([2H])([2H])C([2H])([2H])C([2H])([2H])C([2H])([2H])[C@]12[2H]. The van der Waals surface area contributed by atoms with Gasteiger partial charge in [-0.3, -0.25) is 0 Å². The lowest BCUT2D eigenvalue weighted by molar-refractivity contribution is 0.171. The van der Waals surface area contributed by atoms with Crippen molar-refractivity contribution < 1.29 is 13.7 Å². The Hall–Kier alpha value is 0. The van der Waals surface area contributed by atoms with E-state index in [9.17, 15) is 0 Å². The van der Waals surface area contributed by atoms with Gasteiger partial charge in [0.15, 0.2) is 0 Å². The van der Waals surface area contributed by atoms with E-state index in [2.05, 4.69) is 0 Å². The monoisotopic (exact) mass is 148 g/mol. The smallest absolute Gasteiger partial charge is 0.0306 e. The Morgan fingerprint density at radius 2 is 2.10 bits per heavy atom. The molecule has 0 heteroatoms. The molecule has 0 aromatic rings. The first kappa shape index (κ1) is 1.84. The standard InChI is InChI=1S/C10H18/c1-2-6-10-8-4-3-7-9(10)5-1/h9-10H,1-8H2/t9-,10+/i1D2,2D2,5D2,6D2,7D,9D/t7?,9-,10+/m1/s1. The Balaban J connectivity index is 2.72. The maximum Gasteiger partial charge on any atom is 0.0306 e. The van der Waals surface area contributed by atoms with Crippen LogP contribution in [0.5, 0.6) is 0 Å². The second kappa shape index (κ2) is 2.94. The zero-order chi connectivity index (χ0) is 15.8. The Bertz CT molecular complexity index is 416. The van der Waals surface area contributed by atoms with Crippen molar-refractivity contribution in [3.05, 3.63) is 0 Å². The topological polar surface area (TPSA) is 0 Å². The van der Waals surface area contributed by atoms with Gasteiger partial charge >= 0.3 is 0 Å². The summed E-state index contributed by atoms with van der Waals surface area (Å²) in [6.07, 6.45) is -12.4. The van der Waals surface area contributed by atoms with Crippen LogP contribution in [0.25, 0.3) is 0 Å². The van der Waals surface area contributed by atoms with Crippen LogP contribution in [0.3, 0.4) is 0 Å². The third kappa shape index (κ3) is 1.21. The van der Waals surface area contributed by atoms with Gasteiger partial charge in [-0.15, -0.1) is 0 Å². The van der Waals surface area contributed by atoms with Crippen molar-refractivity contribution in [2.24, 2.45) is 11.8 Å². The maximum absolute atomic E-state index is 8.37. The van der Waals surface area contributed by atoms with Crippen LogP contribution in [0.15, 0.2) is 0 Å². The highest BCUT2D eigenvalue weighted by atomic mass is 14.3. The molecule has 0 heterocycles. The van der Waals surface area contributed by atoms with Crippen LogP contribution in [0.2, 0.25) is 0 Å². The molecule has 0 nitrogen and oxygen atoms in total. The molecule has 2 saturated carbocycles. The van der Waals surface area contributed by atoms with Gasteiger partial charge in [-0.05, 0) is 11.8 Å². The van der Waals surface area contributed by atoms with Gasteiger partial charge in [0, 0.05) is 13.7 Å². The summed E-state index contributed by atoms with van der Waals surface area (Å²) >= 11 is 0. The predicted molar refractivity (Wildman–Crippen MR) is 43.9 cm³/mol. The Morgan fingerprint density at radius 3 is 3.10 bits per heavy atom. The second-order valence-electron chi connectivity index (χ2n) is 2.66. The highest BCUT2D eigenvalue weighted by molar-refractivity contribution is 4.78. The number of rotatable bonds is 0. The summed E-state index contributed by atoms with van der Waals surface area (Å²) in [5, 5.41) is 0. The lowest BCUT2D eigenvalue weighted by Crippen LogP contribution is -2.22. The second-order valence-corrected chi connectivity index (χ2v) is 2.66. The first-order valence-electron chi connectivity index (χ1n) is 8.76. The molecule has 10 heavy (non-hydrogen) atoms. The van der Waals surface area contributed by atoms with Gasteiger partial charge < -0.3 is 0 Å². The lowest BCUT2D eigenvalue weighted by Gasteiger charge is -2.35. The molecule has 2 aliphatic carbocycles. The fourth-order valence-electron chi connectivity index (χ4n) is 1.39. The van der Waals surface area contributed by atoms with E-state index in [1.54, 1.807) is 0 Å². The molecule has 3 atom stereocenters. The third-order valence-electron chi connectivity index (χ3n) is 1.95. The largest absolute Gasteiger partial charge is 0.0530 e. The number of hydrogen-bond acceptors (Lipinski definition) is 0. The molecular formula is C10H18.